The molecule has 0 spiro atoms. The van der Waals surface area contributed by atoms with E-state index < -0.39 is 5.97 Å². The molecular weight excluding hydrogens is 284 g/mol. The first-order valence-electron chi connectivity index (χ1n) is 5.69. The quantitative estimate of drug-likeness (QED) is 0.880. The zero-order valence-electron chi connectivity index (χ0n) is 10.3. The van der Waals surface area contributed by atoms with Crippen LogP contribution >= 0.6 is 22.9 Å². The van der Waals surface area contributed by atoms with Crippen LogP contribution in [0.15, 0.2) is 29.6 Å². The zero-order chi connectivity index (χ0) is 13.8. The molecule has 2 aromatic rings. The van der Waals surface area contributed by atoms with Gasteiger partial charge >= 0.3 is 5.97 Å². The molecule has 0 fully saturated rings. The van der Waals surface area contributed by atoms with E-state index in [1.165, 1.54) is 11.3 Å². The van der Waals surface area contributed by atoms with Crippen LogP contribution in [0.4, 0.5) is 0 Å². The number of rotatable bonds is 4. The number of halogens is 1. The van der Waals surface area contributed by atoms with E-state index in [9.17, 15) is 4.79 Å². The maximum Gasteiger partial charge on any atom is 0.358 e. The van der Waals surface area contributed by atoms with Gasteiger partial charge in [-0.05, 0) is 13.0 Å². The van der Waals surface area contributed by atoms with E-state index in [1.807, 2.05) is 25.1 Å². The minimum absolute atomic E-state index is 0.129. The highest BCUT2D eigenvalue weighted by atomic mass is 35.5. The second-order valence-corrected chi connectivity index (χ2v) is 5.32. The van der Waals surface area contributed by atoms with Gasteiger partial charge in [0.15, 0.2) is 5.69 Å². The Morgan fingerprint density at radius 3 is 2.89 bits per heavy atom. The fraction of sp³-hybridized carbons (Fsp3) is 0.231. The van der Waals surface area contributed by atoms with Gasteiger partial charge in [-0.1, -0.05) is 29.8 Å². The van der Waals surface area contributed by atoms with Crippen LogP contribution in [0.5, 0.6) is 0 Å². The molecule has 0 aliphatic rings. The fourth-order valence-electron chi connectivity index (χ4n) is 1.42. The highest BCUT2D eigenvalue weighted by Gasteiger charge is 2.14. The highest BCUT2D eigenvalue weighted by Crippen LogP contribution is 2.19. The summed E-state index contributed by atoms with van der Waals surface area (Å²) in [6.45, 7) is 1.95. The second-order valence-electron chi connectivity index (χ2n) is 4.03. The molecule has 2 N–H and O–H groups in total. The van der Waals surface area contributed by atoms with Crippen LogP contribution in [0.25, 0.3) is 0 Å². The maximum atomic E-state index is 11.8. The molecular formula is C13H13ClN2O2S. The number of nitrogens with zero attached hydrogens (tertiary/aromatic N) is 1. The lowest BCUT2D eigenvalue weighted by atomic mass is 10.2. The first-order chi connectivity index (χ1) is 9.08. The lowest BCUT2D eigenvalue weighted by Crippen LogP contribution is -2.08. The normalized spacial score (nSPS) is 12.2. The summed E-state index contributed by atoms with van der Waals surface area (Å²) in [4.78, 5) is 15.9. The van der Waals surface area contributed by atoms with E-state index in [-0.39, 0.29) is 18.3 Å². The minimum Gasteiger partial charge on any atom is -0.456 e. The predicted molar refractivity (Wildman–Crippen MR) is 75.3 cm³/mol. The van der Waals surface area contributed by atoms with Crippen LogP contribution < -0.4 is 5.73 Å². The molecule has 4 nitrogen and oxygen atoms in total. The number of hydrogen-bond donors (Lipinski definition) is 1. The van der Waals surface area contributed by atoms with Gasteiger partial charge < -0.3 is 10.5 Å². The number of esters is 1. The number of nitrogens with two attached hydrogens (primary N) is 1. The Balaban J connectivity index is 1.99. The smallest absolute Gasteiger partial charge is 0.358 e. The average molecular weight is 297 g/mol. The SMILES string of the molecule is CC(N)c1nc(C(=O)OCc2ccccc2Cl)cs1. The lowest BCUT2D eigenvalue weighted by Gasteiger charge is -2.04. The van der Waals surface area contributed by atoms with Crippen molar-refractivity contribution in [3.8, 4) is 0 Å². The maximum absolute atomic E-state index is 11.8. The predicted octanol–water partition coefficient (Wildman–Crippen LogP) is 3.17. The van der Waals surface area contributed by atoms with Gasteiger partial charge in [-0.15, -0.1) is 11.3 Å². The van der Waals surface area contributed by atoms with Gasteiger partial charge in [0.25, 0.3) is 0 Å². The molecule has 1 aromatic heterocycles. The summed E-state index contributed by atoms with van der Waals surface area (Å²) in [6.07, 6.45) is 0. The van der Waals surface area contributed by atoms with Gasteiger partial charge in [-0.3, -0.25) is 0 Å². The van der Waals surface area contributed by atoms with Crippen LogP contribution in [0, 0.1) is 0 Å². The Morgan fingerprint density at radius 1 is 1.53 bits per heavy atom. The van der Waals surface area contributed by atoms with Crippen LogP contribution in [0.2, 0.25) is 5.02 Å². The van der Waals surface area contributed by atoms with Gasteiger partial charge in [0, 0.05) is 16.0 Å². The molecule has 0 bridgehead atoms. The molecule has 0 radical (unpaired) electrons. The van der Waals surface area contributed by atoms with Crippen LogP contribution in [-0.2, 0) is 11.3 Å². The van der Waals surface area contributed by atoms with Gasteiger partial charge in [0.05, 0.1) is 6.04 Å². The fourth-order valence-corrected chi connectivity index (χ4v) is 2.36. The number of carbonyl (C=O) groups is 1. The van der Waals surface area contributed by atoms with Crippen molar-refractivity contribution in [2.75, 3.05) is 0 Å². The number of hydrogen-bond acceptors (Lipinski definition) is 5. The Kier molecular flexibility index (Phi) is 4.52. The molecule has 19 heavy (non-hydrogen) atoms. The molecule has 6 heteroatoms. The van der Waals surface area contributed by atoms with E-state index in [1.54, 1.807) is 11.4 Å². The van der Waals surface area contributed by atoms with Crippen LogP contribution in [0.3, 0.4) is 0 Å². The van der Waals surface area contributed by atoms with E-state index in [0.717, 1.165) is 5.56 Å². The number of carbonyl (C=O) groups excluding carboxylic acids is 1. The summed E-state index contributed by atoms with van der Waals surface area (Å²) in [7, 11) is 0. The van der Waals surface area contributed by atoms with Gasteiger partial charge in [0.2, 0.25) is 0 Å². The Hall–Kier alpha value is -1.43. The third kappa shape index (κ3) is 3.53. The van der Waals surface area contributed by atoms with Crippen LogP contribution in [0.1, 0.15) is 34.0 Å². The van der Waals surface area contributed by atoms with Crippen LogP contribution in [-0.4, -0.2) is 11.0 Å². The lowest BCUT2D eigenvalue weighted by molar-refractivity contribution is 0.0466. The van der Waals surface area contributed by atoms with Crippen molar-refractivity contribution in [2.45, 2.75) is 19.6 Å². The van der Waals surface area contributed by atoms with Crippen molar-refractivity contribution in [1.82, 2.24) is 4.98 Å². The van der Waals surface area contributed by atoms with E-state index >= 15 is 0 Å². The molecule has 0 aliphatic carbocycles. The second kappa shape index (κ2) is 6.14. The largest absolute Gasteiger partial charge is 0.456 e. The molecule has 1 aromatic carbocycles. The van der Waals surface area contributed by atoms with Gasteiger partial charge in [-0.25, -0.2) is 9.78 Å². The number of benzene rings is 1. The van der Waals surface area contributed by atoms with Crippen molar-refractivity contribution in [3.63, 3.8) is 0 Å². The highest BCUT2D eigenvalue weighted by molar-refractivity contribution is 7.09. The van der Waals surface area contributed by atoms with Crippen molar-refractivity contribution in [1.29, 1.82) is 0 Å². The Morgan fingerprint density at radius 2 is 2.26 bits per heavy atom. The van der Waals surface area contributed by atoms with Crippen molar-refractivity contribution in [3.05, 3.63) is 50.9 Å². The zero-order valence-corrected chi connectivity index (χ0v) is 11.9. The third-order valence-electron chi connectivity index (χ3n) is 2.44. The van der Waals surface area contributed by atoms with Gasteiger partial charge in [-0.2, -0.15) is 0 Å². The number of ether oxygens (including phenoxy) is 1. The molecule has 2 rings (SSSR count). The minimum atomic E-state index is -0.469. The number of aromatic nitrogens is 1. The van der Waals surface area contributed by atoms with E-state index in [2.05, 4.69) is 4.98 Å². The first kappa shape index (κ1) is 14.0. The van der Waals surface area contributed by atoms with E-state index in [4.69, 9.17) is 22.1 Å². The van der Waals surface area contributed by atoms with Crippen molar-refractivity contribution >= 4 is 28.9 Å². The monoisotopic (exact) mass is 296 g/mol. The van der Waals surface area contributed by atoms with Gasteiger partial charge in [0.1, 0.15) is 11.6 Å². The summed E-state index contributed by atoms with van der Waals surface area (Å²) >= 11 is 7.33. The Bertz CT molecular complexity index is 584. The van der Waals surface area contributed by atoms with Crippen molar-refractivity contribution in [2.24, 2.45) is 5.73 Å². The Labute approximate surface area is 120 Å². The number of thiazole rings is 1. The molecule has 1 unspecified atom stereocenters. The third-order valence-corrected chi connectivity index (χ3v) is 3.85. The van der Waals surface area contributed by atoms with Crippen molar-refractivity contribution < 1.29 is 9.53 Å². The summed E-state index contributed by atoms with van der Waals surface area (Å²) in [5.74, 6) is -0.469. The molecule has 1 heterocycles. The molecule has 1 atom stereocenters. The van der Waals surface area contributed by atoms with E-state index in [0.29, 0.717) is 10.0 Å². The molecule has 100 valence electrons. The summed E-state index contributed by atoms with van der Waals surface area (Å²) in [6, 6.07) is 7.04. The summed E-state index contributed by atoms with van der Waals surface area (Å²) < 4.78 is 5.17. The summed E-state index contributed by atoms with van der Waals surface area (Å²) in [5, 5.41) is 2.93. The first-order valence-corrected chi connectivity index (χ1v) is 6.95. The molecule has 0 amide bonds. The average Bonchev–Trinajstić information content (AvgIpc) is 2.87. The summed E-state index contributed by atoms with van der Waals surface area (Å²) in [5.41, 5.74) is 6.74. The topological polar surface area (TPSA) is 65.2 Å². The standard InChI is InChI=1S/C13H13ClN2O2S/c1-8(15)12-16-11(7-19-12)13(17)18-6-9-4-2-3-5-10(9)14/h2-5,7-8H,6,15H2,1H3. The molecule has 0 saturated heterocycles. The molecule has 0 aliphatic heterocycles. The molecule has 0 saturated carbocycles.